The van der Waals surface area contributed by atoms with Gasteiger partial charge < -0.3 is 4.74 Å². The molecule has 0 radical (unpaired) electrons. The second-order valence-electron chi connectivity index (χ2n) is 5.49. The first-order valence-electron chi connectivity index (χ1n) is 7.50. The van der Waals surface area contributed by atoms with Gasteiger partial charge in [-0.05, 0) is 44.0 Å². The van der Waals surface area contributed by atoms with E-state index in [0.717, 1.165) is 15.6 Å². The Hall–Kier alpha value is -1.94. The number of carbonyl (C=O) groups excluding carboxylic acids is 2. The van der Waals surface area contributed by atoms with E-state index in [1.54, 1.807) is 18.2 Å². The SMILES string of the molecule is Cc1ccc(C(=O)OCCCC(=O)c2ccc(Br)cc2)c(C)c1. The lowest BCUT2D eigenvalue weighted by Crippen LogP contribution is -2.09. The van der Waals surface area contributed by atoms with Crippen molar-refractivity contribution < 1.29 is 14.3 Å². The molecular weight excluding hydrogens is 356 g/mol. The molecule has 23 heavy (non-hydrogen) atoms. The van der Waals surface area contributed by atoms with Crippen molar-refractivity contribution in [1.29, 1.82) is 0 Å². The van der Waals surface area contributed by atoms with Crippen molar-refractivity contribution in [2.24, 2.45) is 0 Å². The van der Waals surface area contributed by atoms with Gasteiger partial charge >= 0.3 is 5.97 Å². The molecule has 0 atom stereocenters. The Morgan fingerprint density at radius 1 is 1.04 bits per heavy atom. The van der Waals surface area contributed by atoms with Crippen LogP contribution in [0, 0.1) is 13.8 Å². The van der Waals surface area contributed by atoms with Crippen molar-refractivity contribution >= 4 is 27.7 Å². The van der Waals surface area contributed by atoms with Gasteiger partial charge in [0.25, 0.3) is 0 Å². The monoisotopic (exact) mass is 374 g/mol. The summed E-state index contributed by atoms with van der Waals surface area (Å²) in [7, 11) is 0. The van der Waals surface area contributed by atoms with Gasteiger partial charge in [-0.3, -0.25) is 4.79 Å². The molecule has 2 rings (SSSR count). The zero-order valence-electron chi connectivity index (χ0n) is 13.3. The maximum absolute atomic E-state index is 12.0. The van der Waals surface area contributed by atoms with Gasteiger partial charge in [-0.25, -0.2) is 4.79 Å². The lowest BCUT2D eigenvalue weighted by molar-refractivity contribution is 0.0493. The van der Waals surface area contributed by atoms with Gasteiger partial charge in [-0.15, -0.1) is 0 Å². The molecular formula is C19H19BrO3. The summed E-state index contributed by atoms with van der Waals surface area (Å²) in [4.78, 5) is 24.0. The third-order valence-corrected chi connectivity index (χ3v) is 4.08. The van der Waals surface area contributed by atoms with Crippen molar-refractivity contribution in [2.75, 3.05) is 6.61 Å². The average Bonchev–Trinajstić information content (AvgIpc) is 2.51. The van der Waals surface area contributed by atoms with Crippen LogP contribution in [0.3, 0.4) is 0 Å². The second kappa shape index (κ2) is 8.06. The van der Waals surface area contributed by atoms with Crippen LogP contribution in [-0.2, 0) is 4.74 Å². The van der Waals surface area contributed by atoms with Gasteiger partial charge in [0.15, 0.2) is 5.78 Å². The van der Waals surface area contributed by atoms with Crippen molar-refractivity contribution in [3.8, 4) is 0 Å². The first-order chi connectivity index (χ1) is 11.0. The van der Waals surface area contributed by atoms with Crippen LogP contribution in [-0.4, -0.2) is 18.4 Å². The maximum Gasteiger partial charge on any atom is 0.338 e. The number of benzene rings is 2. The fourth-order valence-electron chi connectivity index (χ4n) is 2.30. The predicted octanol–water partition coefficient (Wildman–Crippen LogP) is 4.89. The molecule has 0 aromatic heterocycles. The van der Waals surface area contributed by atoms with E-state index in [9.17, 15) is 9.59 Å². The van der Waals surface area contributed by atoms with E-state index in [-0.39, 0.29) is 18.4 Å². The number of rotatable bonds is 6. The van der Waals surface area contributed by atoms with E-state index >= 15 is 0 Å². The van der Waals surface area contributed by atoms with Gasteiger partial charge in [0, 0.05) is 16.5 Å². The Bertz CT molecular complexity index is 705. The maximum atomic E-state index is 12.0. The van der Waals surface area contributed by atoms with Crippen LogP contribution in [0.1, 0.15) is 44.7 Å². The third-order valence-electron chi connectivity index (χ3n) is 3.55. The van der Waals surface area contributed by atoms with Gasteiger partial charge in [-0.1, -0.05) is 45.8 Å². The molecule has 0 unspecified atom stereocenters. The van der Waals surface area contributed by atoms with Crippen LogP contribution in [0.25, 0.3) is 0 Å². The van der Waals surface area contributed by atoms with Crippen molar-refractivity contribution in [2.45, 2.75) is 26.7 Å². The smallest absolute Gasteiger partial charge is 0.338 e. The Labute approximate surface area is 144 Å². The van der Waals surface area contributed by atoms with Crippen LogP contribution < -0.4 is 0 Å². The lowest BCUT2D eigenvalue weighted by Gasteiger charge is -2.08. The zero-order valence-corrected chi connectivity index (χ0v) is 14.9. The number of ketones is 1. The number of hydrogen-bond donors (Lipinski definition) is 0. The summed E-state index contributed by atoms with van der Waals surface area (Å²) in [6.45, 7) is 4.12. The topological polar surface area (TPSA) is 43.4 Å². The van der Waals surface area contributed by atoms with Gasteiger partial charge in [0.2, 0.25) is 0 Å². The Balaban J connectivity index is 1.79. The molecule has 0 fully saturated rings. The molecule has 0 aliphatic heterocycles. The molecule has 2 aromatic carbocycles. The molecule has 4 heteroatoms. The number of esters is 1. The molecule has 120 valence electrons. The molecule has 0 amide bonds. The third kappa shape index (κ3) is 5.03. The molecule has 0 saturated carbocycles. The minimum atomic E-state index is -0.335. The van der Waals surface area contributed by atoms with Gasteiger partial charge in [0.1, 0.15) is 0 Å². The normalized spacial score (nSPS) is 10.4. The number of carbonyl (C=O) groups is 2. The first kappa shape index (κ1) is 17.4. The molecule has 0 aliphatic carbocycles. The quantitative estimate of drug-likeness (QED) is 0.410. The van der Waals surface area contributed by atoms with Crippen LogP contribution >= 0.6 is 15.9 Å². The van der Waals surface area contributed by atoms with Crippen LogP contribution in [0.15, 0.2) is 46.9 Å². The van der Waals surface area contributed by atoms with Crippen LogP contribution in [0.4, 0.5) is 0 Å². The highest BCUT2D eigenvalue weighted by Gasteiger charge is 2.11. The number of ether oxygens (including phenoxy) is 1. The summed E-state index contributed by atoms with van der Waals surface area (Å²) in [5, 5.41) is 0. The molecule has 0 N–H and O–H groups in total. The summed E-state index contributed by atoms with van der Waals surface area (Å²) < 4.78 is 6.20. The minimum Gasteiger partial charge on any atom is -0.462 e. The van der Waals surface area contributed by atoms with E-state index in [2.05, 4.69) is 15.9 Å². The summed E-state index contributed by atoms with van der Waals surface area (Å²) in [6.07, 6.45) is 0.882. The van der Waals surface area contributed by atoms with Crippen molar-refractivity contribution in [3.63, 3.8) is 0 Å². The summed E-state index contributed by atoms with van der Waals surface area (Å²) >= 11 is 3.34. The standard InChI is InChI=1S/C19H19BrO3/c1-13-5-10-17(14(2)12-13)19(22)23-11-3-4-18(21)15-6-8-16(20)9-7-15/h5-10,12H,3-4,11H2,1-2H3. The largest absolute Gasteiger partial charge is 0.462 e. The van der Waals surface area contributed by atoms with Crippen molar-refractivity contribution in [1.82, 2.24) is 0 Å². The molecule has 3 nitrogen and oxygen atoms in total. The number of halogens is 1. The van der Waals surface area contributed by atoms with Gasteiger partial charge in [-0.2, -0.15) is 0 Å². The summed E-state index contributed by atoms with van der Waals surface area (Å²) in [6, 6.07) is 12.9. The van der Waals surface area contributed by atoms with Crippen LogP contribution in [0.5, 0.6) is 0 Å². The predicted molar refractivity (Wildman–Crippen MR) is 93.9 cm³/mol. The molecule has 2 aromatic rings. The molecule has 0 bridgehead atoms. The number of hydrogen-bond acceptors (Lipinski definition) is 3. The number of Topliss-reactive ketones (excluding diaryl/α,β-unsaturated/α-hetero) is 1. The van der Waals surface area contributed by atoms with E-state index in [0.29, 0.717) is 24.0 Å². The van der Waals surface area contributed by atoms with E-state index < -0.39 is 0 Å². The van der Waals surface area contributed by atoms with Crippen LogP contribution in [0.2, 0.25) is 0 Å². The van der Waals surface area contributed by atoms with Crippen molar-refractivity contribution in [3.05, 3.63) is 69.2 Å². The highest BCUT2D eigenvalue weighted by Crippen LogP contribution is 2.14. The van der Waals surface area contributed by atoms with E-state index in [4.69, 9.17) is 4.74 Å². The first-order valence-corrected chi connectivity index (χ1v) is 8.30. The Kier molecular flexibility index (Phi) is 6.11. The highest BCUT2D eigenvalue weighted by molar-refractivity contribution is 9.10. The average molecular weight is 375 g/mol. The highest BCUT2D eigenvalue weighted by atomic mass is 79.9. The van der Waals surface area contributed by atoms with E-state index in [1.165, 1.54) is 0 Å². The number of aryl methyl sites for hydroxylation is 2. The molecule has 0 saturated heterocycles. The summed E-state index contributed by atoms with van der Waals surface area (Å²) in [5.41, 5.74) is 3.27. The van der Waals surface area contributed by atoms with E-state index in [1.807, 2.05) is 38.1 Å². The molecule has 0 spiro atoms. The molecule has 0 aliphatic rings. The fraction of sp³-hybridized carbons (Fsp3) is 0.263. The second-order valence-corrected chi connectivity index (χ2v) is 6.40. The zero-order chi connectivity index (χ0) is 16.8. The van der Waals surface area contributed by atoms with Gasteiger partial charge in [0.05, 0.1) is 12.2 Å². The summed E-state index contributed by atoms with van der Waals surface area (Å²) in [5.74, 6) is -0.279. The Morgan fingerprint density at radius 2 is 1.74 bits per heavy atom. The fourth-order valence-corrected chi connectivity index (χ4v) is 2.56. The molecule has 0 heterocycles. The minimum absolute atomic E-state index is 0.0556. The lowest BCUT2D eigenvalue weighted by atomic mass is 10.1. The Morgan fingerprint density at radius 3 is 2.39 bits per heavy atom.